The van der Waals surface area contributed by atoms with E-state index in [2.05, 4.69) is 17.2 Å². The molecule has 0 spiro atoms. The van der Waals surface area contributed by atoms with Crippen LogP contribution in [0, 0.1) is 0 Å². The van der Waals surface area contributed by atoms with Crippen molar-refractivity contribution in [3.05, 3.63) is 16.6 Å². The first-order valence-electron chi connectivity index (χ1n) is 5.12. The molecule has 2 atom stereocenters. The Kier molecular flexibility index (Phi) is 3.66. The average Bonchev–Trinajstić information content (AvgIpc) is 2.85. The molecular weight excluding hydrogens is 228 g/mol. The minimum atomic E-state index is -0.504. The van der Waals surface area contributed by atoms with E-state index in [0.29, 0.717) is 6.54 Å². The molecule has 0 amide bonds. The summed E-state index contributed by atoms with van der Waals surface area (Å²) in [5.41, 5.74) is -0.504. The first kappa shape index (κ1) is 11.4. The summed E-state index contributed by atoms with van der Waals surface area (Å²) in [6.45, 7) is 2.75. The molecule has 1 fully saturated rings. The van der Waals surface area contributed by atoms with Crippen LogP contribution < -0.4 is 5.32 Å². The van der Waals surface area contributed by atoms with Crippen LogP contribution in [0.2, 0.25) is 0 Å². The van der Waals surface area contributed by atoms with E-state index >= 15 is 0 Å². The van der Waals surface area contributed by atoms with Crippen molar-refractivity contribution in [3.63, 3.8) is 0 Å². The molecule has 2 heterocycles. The van der Waals surface area contributed by atoms with Gasteiger partial charge in [0.2, 0.25) is 0 Å². The topological polar surface area (TPSA) is 45.1 Å². The molecule has 1 aliphatic rings. The summed E-state index contributed by atoms with van der Waals surface area (Å²) in [5.74, 6) is 1.93. The molecule has 15 heavy (non-hydrogen) atoms. The predicted molar refractivity (Wildman–Crippen MR) is 65.4 cm³/mol. The van der Waals surface area contributed by atoms with Gasteiger partial charge in [0.25, 0.3) is 0 Å². The number of hydrogen-bond acceptors (Lipinski definition) is 5. The molecule has 0 bridgehead atoms. The molecule has 2 rings (SSSR count). The number of thiazole rings is 1. The van der Waals surface area contributed by atoms with Crippen LogP contribution in [0.15, 0.2) is 11.6 Å². The van der Waals surface area contributed by atoms with Gasteiger partial charge < -0.3 is 10.4 Å². The molecule has 1 aromatic rings. The van der Waals surface area contributed by atoms with Crippen LogP contribution in [0.1, 0.15) is 24.4 Å². The standard InChI is InChI=1S/C10H16N2OS2/c1-8(9-11-3-5-15-9)12-6-10(13)2-4-14-7-10/h3,5,8,12-13H,2,4,6-7H2,1H3. The number of aliphatic hydroxyl groups is 1. The molecule has 2 unspecified atom stereocenters. The Bertz CT molecular complexity index is 296. The minimum absolute atomic E-state index is 0.236. The zero-order chi connectivity index (χ0) is 10.7. The number of rotatable bonds is 4. The largest absolute Gasteiger partial charge is 0.388 e. The van der Waals surface area contributed by atoms with E-state index in [9.17, 15) is 5.11 Å². The average molecular weight is 244 g/mol. The Balaban J connectivity index is 1.83. The van der Waals surface area contributed by atoms with Crippen molar-refractivity contribution < 1.29 is 5.11 Å². The number of nitrogens with zero attached hydrogens (tertiary/aromatic N) is 1. The van der Waals surface area contributed by atoms with Crippen molar-refractivity contribution in [2.45, 2.75) is 25.0 Å². The van der Waals surface area contributed by atoms with Gasteiger partial charge in [0.05, 0.1) is 11.6 Å². The third kappa shape index (κ3) is 2.93. The lowest BCUT2D eigenvalue weighted by molar-refractivity contribution is 0.0651. The van der Waals surface area contributed by atoms with Crippen LogP contribution in [-0.2, 0) is 0 Å². The summed E-state index contributed by atoms with van der Waals surface area (Å²) < 4.78 is 0. The minimum Gasteiger partial charge on any atom is -0.388 e. The second-order valence-corrected chi connectivity index (χ2v) is 6.03. The lowest BCUT2D eigenvalue weighted by atomic mass is 10.0. The molecule has 3 nitrogen and oxygen atoms in total. The summed E-state index contributed by atoms with van der Waals surface area (Å²) in [6, 6.07) is 0.236. The molecule has 1 saturated heterocycles. The molecular formula is C10H16N2OS2. The molecule has 5 heteroatoms. The van der Waals surface area contributed by atoms with E-state index in [1.54, 1.807) is 11.3 Å². The maximum atomic E-state index is 10.1. The highest BCUT2D eigenvalue weighted by Crippen LogP contribution is 2.27. The summed E-state index contributed by atoms with van der Waals surface area (Å²) in [7, 11) is 0. The highest BCUT2D eigenvalue weighted by molar-refractivity contribution is 7.99. The predicted octanol–water partition coefficient (Wildman–Crippen LogP) is 1.66. The quantitative estimate of drug-likeness (QED) is 0.845. The lowest BCUT2D eigenvalue weighted by Gasteiger charge is -2.23. The highest BCUT2D eigenvalue weighted by Gasteiger charge is 2.31. The van der Waals surface area contributed by atoms with Gasteiger partial charge in [-0.25, -0.2) is 4.98 Å². The Morgan fingerprint density at radius 2 is 2.60 bits per heavy atom. The van der Waals surface area contributed by atoms with E-state index in [1.165, 1.54) is 0 Å². The van der Waals surface area contributed by atoms with E-state index in [1.807, 2.05) is 23.3 Å². The Hall–Kier alpha value is -0.100. The van der Waals surface area contributed by atoms with E-state index in [-0.39, 0.29) is 6.04 Å². The normalized spacial score (nSPS) is 28.1. The third-order valence-electron chi connectivity index (χ3n) is 2.64. The van der Waals surface area contributed by atoms with Gasteiger partial charge in [0.15, 0.2) is 0 Å². The second-order valence-electron chi connectivity index (χ2n) is 4.00. The van der Waals surface area contributed by atoms with Crippen LogP contribution >= 0.6 is 23.1 Å². The molecule has 1 aromatic heterocycles. The van der Waals surface area contributed by atoms with Crippen molar-refractivity contribution in [1.82, 2.24) is 10.3 Å². The van der Waals surface area contributed by atoms with Gasteiger partial charge in [0.1, 0.15) is 5.01 Å². The molecule has 1 aliphatic heterocycles. The second kappa shape index (κ2) is 4.82. The first-order valence-corrected chi connectivity index (χ1v) is 7.16. The highest BCUT2D eigenvalue weighted by atomic mass is 32.2. The molecule has 0 saturated carbocycles. The Morgan fingerprint density at radius 1 is 1.73 bits per heavy atom. The van der Waals surface area contributed by atoms with Crippen molar-refractivity contribution in [2.24, 2.45) is 0 Å². The Labute approximate surface area is 98.3 Å². The van der Waals surface area contributed by atoms with Crippen LogP contribution in [0.4, 0.5) is 0 Å². The van der Waals surface area contributed by atoms with Crippen molar-refractivity contribution in [2.75, 3.05) is 18.1 Å². The zero-order valence-electron chi connectivity index (χ0n) is 8.77. The Morgan fingerprint density at radius 3 is 3.20 bits per heavy atom. The van der Waals surface area contributed by atoms with Gasteiger partial charge >= 0.3 is 0 Å². The van der Waals surface area contributed by atoms with Gasteiger partial charge in [0, 0.05) is 23.9 Å². The maximum absolute atomic E-state index is 10.1. The lowest BCUT2D eigenvalue weighted by Crippen LogP contribution is -2.41. The molecule has 0 aliphatic carbocycles. The zero-order valence-corrected chi connectivity index (χ0v) is 10.4. The van der Waals surface area contributed by atoms with E-state index in [4.69, 9.17) is 0 Å². The maximum Gasteiger partial charge on any atom is 0.109 e. The summed E-state index contributed by atoms with van der Waals surface area (Å²) in [6.07, 6.45) is 2.72. The SMILES string of the molecule is CC(NCC1(O)CCSC1)c1nccs1. The molecule has 2 N–H and O–H groups in total. The van der Waals surface area contributed by atoms with Gasteiger partial charge in [-0.2, -0.15) is 11.8 Å². The van der Waals surface area contributed by atoms with Crippen LogP contribution in [0.5, 0.6) is 0 Å². The fraction of sp³-hybridized carbons (Fsp3) is 0.700. The number of hydrogen-bond donors (Lipinski definition) is 2. The van der Waals surface area contributed by atoms with Crippen LogP contribution in [0.25, 0.3) is 0 Å². The number of nitrogens with one attached hydrogen (secondary N) is 1. The summed E-state index contributed by atoms with van der Waals surface area (Å²) >= 11 is 3.48. The molecule has 0 aromatic carbocycles. The number of aromatic nitrogens is 1. The van der Waals surface area contributed by atoms with Crippen molar-refractivity contribution in [1.29, 1.82) is 0 Å². The van der Waals surface area contributed by atoms with E-state index < -0.39 is 5.60 Å². The summed E-state index contributed by atoms with van der Waals surface area (Å²) in [4.78, 5) is 4.25. The fourth-order valence-corrected chi connectivity index (χ4v) is 3.58. The number of thioether (sulfide) groups is 1. The fourth-order valence-electron chi connectivity index (χ4n) is 1.61. The van der Waals surface area contributed by atoms with Gasteiger partial charge in [-0.05, 0) is 19.1 Å². The van der Waals surface area contributed by atoms with Crippen molar-refractivity contribution in [3.8, 4) is 0 Å². The van der Waals surface area contributed by atoms with Crippen molar-refractivity contribution >= 4 is 23.1 Å². The van der Waals surface area contributed by atoms with Gasteiger partial charge in [-0.1, -0.05) is 0 Å². The smallest absolute Gasteiger partial charge is 0.109 e. The third-order valence-corrected chi connectivity index (χ3v) is 4.83. The van der Waals surface area contributed by atoms with Crippen LogP contribution in [-0.4, -0.2) is 33.7 Å². The van der Waals surface area contributed by atoms with Gasteiger partial charge in [-0.3, -0.25) is 0 Å². The van der Waals surface area contributed by atoms with Gasteiger partial charge in [-0.15, -0.1) is 11.3 Å². The van der Waals surface area contributed by atoms with E-state index in [0.717, 1.165) is 22.9 Å². The molecule has 84 valence electrons. The van der Waals surface area contributed by atoms with Crippen LogP contribution in [0.3, 0.4) is 0 Å². The monoisotopic (exact) mass is 244 g/mol. The summed E-state index contributed by atoms with van der Waals surface area (Å²) in [5, 5.41) is 16.6. The molecule has 0 radical (unpaired) electrons. The first-order chi connectivity index (χ1) is 7.20.